The molecule has 2 heterocycles. The van der Waals surface area contributed by atoms with Crippen LogP contribution in [0.25, 0.3) is 5.82 Å². The van der Waals surface area contributed by atoms with Crippen molar-refractivity contribution in [1.29, 1.82) is 0 Å². The maximum Gasteiger partial charge on any atom is 0.255 e. The smallest absolute Gasteiger partial charge is 0.255 e. The van der Waals surface area contributed by atoms with E-state index in [0.717, 1.165) is 10.9 Å². The second-order valence-corrected chi connectivity index (χ2v) is 6.54. The van der Waals surface area contributed by atoms with Crippen LogP contribution in [0, 0.1) is 12.7 Å². The van der Waals surface area contributed by atoms with Gasteiger partial charge in [0.15, 0.2) is 11.6 Å². The van der Waals surface area contributed by atoms with Crippen LogP contribution in [0.4, 0.5) is 16.0 Å². The zero-order valence-electron chi connectivity index (χ0n) is 16.5. The van der Waals surface area contributed by atoms with Crippen LogP contribution in [0.1, 0.15) is 23.0 Å². The lowest BCUT2D eigenvalue weighted by atomic mass is 10.2. The summed E-state index contributed by atoms with van der Waals surface area (Å²) in [6, 6.07) is 4.03. The molecule has 0 aliphatic carbocycles. The summed E-state index contributed by atoms with van der Waals surface area (Å²) in [5, 5.41) is 28.5. The summed E-state index contributed by atoms with van der Waals surface area (Å²) in [6.45, 7) is 3.04. The van der Waals surface area contributed by atoms with Crippen molar-refractivity contribution in [2.45, 2.75) is 19.9 Å². The van der Waals surface area contributed by atoms with Gasteiger partial charge in [-0.1, -0.05) is 0 Å². The molecule has 0 unspecified atom stereocenters. The number of aliphatic hydroxyl groups is 1. The average molecular weight is 416 g/mol. The fourth-order valence-electron chi connectivity index (χ4n) is 2.62. The van der Waals surface area contributed by atoms with Gasteiger partial charge in [0.2, 0.25) is 5.95 Å². The molecule has 0 aliphatic heterocycles. The second-order valence-electron chi connectivity index (χ2n) is 6.54. The molecule has 0 spiro atoms. The molecular weight excluding hydrogens is 395 g/mol. The van der Waals surface area contributed by atoms with Crippen LogP contribution in [-0.4, -0.2) is 55.6 Å². The number of benzene rings is 1. The van der Waals surface area contributed by atoms with Gasteiger partial charge in [0.05, 0.1) is 31.2 Å². The van der Waals surface area contributed by atoms with Crippen molar-refractivity contribution < 1.29 is 24.1 Å². The summed E-state index contributed by atoms with van der Waals surface area (Å²) in [6.07, 6.45) is 2.32. The molecule has 3 rings (SSSR count). The molecule has 4 N–H and O–H groups in total. The second kappa shape index (κ2) is 8.74. The quantitative estimate of drug-likeness (QED) is 0.457. The number of halogens is 1. The first-order valence-corrected chi connectivity index (χ1v) is 8.96. The molecule has 0 radical (unpaired) electrons. The molecule has 0 saturated carbocycles. The highest BCUT2D eigenvalue weighted by Gasteiger charge is 2.18. The zero-order valence-corrected chi connectivity index (χ0v) is 16.5. The molecule has 30 heavy (non-hydrogen) atoms. The Hall–Kier alpha value is -3.73. The van der Waals surface area contributed by atoms with E-state index < -0.39 is 17.8 Å². The number of nitrogens with one attached hydrogen (secondary N) is 2. The van der Waals surface area contributed by atoms with Crippen molar-refractivity contribution in [2.24, 2.45) is 0 Å². The summed E-state index contributed by atoms with van der Waals surface area (Å²) in [5.74, 6) is -0.929. The number of rotatable bonds is 7. The first-order valence-electron chi connectivity index (χ1n) is 8.96. The van der Waals surface area contributed by atoms with E-state index in [9.17, 15) is 14.3 Å². The molecule has 1 amide bonds. The minimum Gasteiger partial charge on any atom is -0.508 e. The average Bonchev–Trinajstić information content (AvgIpc) is 3.10. The largest absolute Gasteiger partial charge is 0.508 e. The van der Waals surface area contributed by atoms with Crippen molar-refractivity contribution in [2.75, 3.05) is 19.0 Å². The lowest BCUT2D eigenvalue weighted by Gasteiger charge is -2.10. The Bertz CT molecular complexity index is 1070. The molecule has 3 aromatic rings. The molecule has 2 aromatic heterocycles. The van der Waals surface area contributed by atoms with E-state index in [1.54, 1.807) is 19.9 Å². The van der Waals surface area contributed by atoms with Crippen molar-refractivity contribution in [3.05, 3.63) is 47.7 Å². The van der Waals surface area contributed by atoms with E-state index in [4.69, 9.17) is 9.84 Å². The van der Waals surface area contributed by atoms with Crippen LogP contribution in [-0.2, 0) is 0 Å². The van der Waals surface area contributed by atoms with E-state index in [0.29, 0.717) is 17.1 Å². The molecule has 0 fully saturated rings. The van der Waals surface area contributed by atoms with Crippen molar-refractivity contribution in [1.82, 2.24) is 25.1 Å². The molecule has 10 nitrogen and oxygen atoms in total. The Balaban J connectivity index is 1.90. The normalized spacial score (nSPS) is 11.8. The maximum absolute atomic E-state index is 14.4. The zero-order chi connectivity index (χ0) is 21.8. The van der Waals surface area contributed by atoms with E-state index in [2.05, 4.69) is 25.7 Å². The number of aromatic hydroxyl groups is 1. The SMILES string of the molecule is COc1cc(O)cc(Nc2ncc(F)c(-n3cc(C(=O)N[C@@H](C)CO)c(C)n3)n2)c1. The summed E-state index contributed by atoms with van der Waals surface area (Å²) >= 11 is 0. The van der Waals surface area contributed by atoms with Gasteiger partial charge < -0.3 is 25.6 Å². The van der Waals surface area contributed by atoms with Gasteiger partial charge in [-0.2, -0.15) is 10.1 Å². The van der Waals surface area contributed by atoms with Crippen LogP contribution < -0.4 is 15.4 Å². The predicted octanol–water partition coefficient (Wildman–Crippen LogP) is 1.68. The van der Waals surface area contributed by atoms with E-state index in [-0.39, 0.29) is 29.7 Å². The number of aliphatic hydroxyl groups excluding tert-OH is 1. The molecule has 158 valence electrons. The van der Waals surface area contributed by atoms with Crippen molar-refractivity contribution >= 4 is 17.5 Å². The number of carbonyl (C=O) groups is 1. The third kappa shape index (κ3) is 4.63. The van der Waals surface area contributed by atoms with Gasteiger partial charge in [0.25, 0.3) is 5.91 Å². The third-order valence-corrected chi connectivity index (χ3v) is 4.12. The first kappa shape index (κ1) is 21.0. The van der Waals surface area contributed by atoms with Crippen LogP contribution >= 0.6 is 0 Å². The number of ether oxygens (including phenoxy) is 1. The number of carbonyl (C=O) groups excluding carboxylic acids is 1. The summed E-state index contributed by atoms with van der Waals surface area (Å²) < 4.78 is 20.6. The molecule has 0 saturated heterocycles. The number of methoxy groups -OCH3 is 1. The maximum atomic E-state index is 14.4. The van der Waals surface area contributed by atoms with Crippen LogP contribution in [0.3, 0.4) is 0 Å². The summed E-state index contributed by atoms with van der Waals surface area (Å²) in [5.41, 5.74) is 1.02. The molecule has 0 aliphatic rings. The number of aryl methyl sites for hydroxylation is 1. The standard InChI is InChI=1S/C19H21FN6O4/c1-10(9-27)22-18(29)15-8-26(25-11(15)2)17-16(20)7-21-19(24-17)23-12-4-13(28)6-14(5-12)30-3/h4-8,10,27-28H,9H2,1-3H3,(H,22,29)(H,21,23,24)/t10-/m0/s1. The Labute approximate surface area is 171 Å². The number of hydrogen-bond donors (Lipinski definition) is 4. The lowest BCUT2D eigenvalue weighted by Crippen LogP contribution is -2.35. The third-order valence-electron chi connectivity index (χ3n) is 4.12. The van der Waals surface area contributed by atoms with Crippen molar-refractivity contribution in [3.63, 3.8) is 0 Å². The molecule has 1 aromatic carbocycles. The van der Waals surface area contributed by atoms with Crippen molar-refractivity contribution in [3.8, 4) is 17.3 Å². The highest BCUT2D eigenvalue weighted by molar-refractivity contribution is 5.95. The van der Waals surface area contributed by atoms with E-state index >= 15 is 0 Å². The van der Waals surface area contributed by atoms with Gasteiger partial charge in [-0.05, 0) is 13.8 Å². The minimum absolute atomic E-state index is 0.0327. The Kier molecular flexibility index (Phi) is 6.11. The topological polar surface area (TPSA) is 134 Å². The van der Waals surface area contributed by atoms with E-state index in [1.807, 2.05) is 0 Å². The minimum atomic E-state index is -0.743. The fourth-order valence-corrected chi connectivity index (χ4v) is 2.62. The highest BCUT2D eigenvalue weighted by Crippen LogP contribution is 2.26. The van der Waals surface area contributed by atoms with Gasteiger partial charge >= 0.3 is 0 Å². The highest BCUT2D eigenvalue weighted by atomic mass is 19.1. The van der Waals surface area contributed by atoms with Gasteiger partial charge in [0.1, 0.15) is 11.5 Å². The van der Waals surface area contributed by atoms with Gasteiger partial charge in [-0.25, -0.2) is 14.1 Å². The molecule has 1 atom stereocenters. The number of phenols is 1. The number of hydrogen-bond acceptors (Lipinski definition) is 8. The number of amides is 1. The molecule has 0 bridgehead atoms. The Morgan fingerprint density at radius 1 is 1.37 bits per heavy atom. The van der Waals surface area contributed by atoms with Gasteiger partial charge in [0, 0.05) is 36.1 Å². The van der Waals surface area contributed by atoms with Crippen LogP contribution in [0.15, 0.2) is 30.6 Å². The molecule has 11 heteroatoms. The monoisotopic (exact) mass is 416 g/mol. The van der Waals surface area contributed by atoms with Crippen LogP contribution in [0.5, 0.6) is 11.5 Å². The fraction of sp³-hybridized carbons (Fsp3) is 0.263. The number of phenolic OH excluding ortho intramolecular Hbond substituents is 1. The van der Waals surface area contributed by atoms with Gasteiger partial charge in [-0.3, -0.25) is 4.79 Å². The Morgan fingerprint density at radius 2 is 2.13 bits per heavy atom. The number of aromatic nitrogens is 4. The summed E-state index contributed by atoms with van der Waals surface area (Å²) in [4.78, 5) is 20.3. The molecular formula is C19H21FN6O4. The lowest BCUT2D eigenvalue weighted by molar-refractivity contribution is 0.0921. The number of anilines is 2. The number of nitrogens with zero attached hydrogens (tertiary/aromatic N) is 4. The van der Waals surface area contributed by atoms with E-state index in [1.165, 1.54) is 25.4 Å². The van der Waals surface area contributed by atoms with Crippen LogP contribution in [0.2, 0.25) is 0 Å². The predicted molar refractivity (Wildman–Crippen MR) is 106 cm³/mol. The summed E-state index contributed by atoms with van der Waals surface area (Å²) in [7, 11) is 1.46. The Morgan fingerprint density at radius 3 is 2.83 bits per heavy atom. The van der Waals surface area contributed by atoms with Gasteiger partial charge in [-0.15, -0.1) is 0 Å². The first-order chi connectivity index (χ1) is 14.3.